The van der Waals surface area contributed by atoms with Crippen molar-refractivity contribution < 1.29 is 4.52 Å². The lowest BCUT2D eigenvalue weighted by Crippen LogP contribution is -1.92. The van der Waals surface area contributed by atoms with Gasteiger partial charge in [-0.25, -0.2) is 0 Å². The normalized spacial score (nSPS) is 12.0. The SMILES string of the molecule is CCCCCCOP(=S)(SCCCCCC)SCCCCCC. The van der Waals surface area contributed by atoms with Crippen molar-refractivity contribution in [1.29, 1.82) is 0 Å². The zero-order chi connectivity index (χ0) is 17.2. The summed E-state index contributed by atoms with van der Waals surface area (Å²) in [7, 11) is 0. The smallest absolute Gasteiger partial charge is 0.174 e. The molecule has 0 spiro atoms. The lowest BCUT2D eigenvalue weighted by molar-refractivity contribution is 0.348. The van der Waals surface area contributed by atoms with Gasteiger partial charge in [0.15, 0.2) is 4.67 Å². The summed E-state index contributed by atoms with van der Waals surface area (Å²) in [4.78, 5) is 0. The third kappa shape index (κ3) is 16.5. The molecule has 0 radical (unpaired) electrons. The number of rotatable bonds is 18. The first-order chi connectivity index (χ1) is 11.2. The Morgan fingerprint density at radius 1 is 0.652 bits per heavy atom. The van der Waals surface area contributed by atoms with Crippen LogP contribution in [0.5, 0.6) is 0 Å². The molecule has 0 saturated carbocycles. The first kappa shape index (κ1) is 24.3. The van der Waals surface area contributed by atoms with Gasteiger partial charge in [-0.3, -0.25) is 0 Å². The van der Waals surface area contributed by atoms with E-state index >= 15 is 0 Å². The van der Waals surface area contributed by atoms with Crippen molar-refractivity contribution in [2.24, 2.45) is 0 Å². The molecule has 0 aliphatic rings. The van der Waals surface area contributed by atoms with E-state index in [2.05, 4.69) is 20.8 Å². The third-order valence-electron chi connectivity index (χ3n) is 3.74. The molecule has 0 aliphatic carbocycles. The fourth-order valence-corrected chi connectivity index (χ4v) is 10.7. The topological polar surface area (TPSA) is 9.23 Å². The molecule has 1 nitrogen and oxygen atoms in total. The molecule has 0 atom stereocenters. The predicted octanol–water partition coefficient (Wildman–Crippen LogP) is 8.43. The summed E-state index contributed by atoms with van der Waals surface area (Å²) >= 11 is 9.89. The van der Waals surface area contributed by atoms with Crippen LogP contribution in [0.15, 0.2) is 0 Å². The van der Waals surface area contributed by atoms with Gasteiger partial charge in [-0.05, 0) is 31.1 Å². The van der Waals surface area contributed by atoms with E-state index in [-0.39, 0.29) is 0 Å². The van der Waals surface area contributed by atoms with Gasteiger partial charge in [-0.2, -0.15) is 0 Å². The standard InChI is InChI=1S/C18H39OPS3/c1-4-7-10-13-16-19-20(21,22-17-14-11-8-5-2)23-18-15-12-9-6-3/h4-18H2,1-3H3. The molecule has 0 bridgehead atoms. The lowest BCUT2D eigenvalue weighted by Gasteiger charge is -2.21. The monoisotopic (exact) mass is 398 g/mol. The Labute approximate surface area is 159 Å². The van der Waals surface area contributed by atoms with Crippen molar-refractivity contribution in [3.63, 3.8) is 0 Å². The summed E-state index contributed by atoms with van der Waals surface area (Å²) < 4.78 is 4.54. The van der Waals surface area contributed by atoms with Crippen LogP contribution < -0.4 is 0 Å². The Morgan fingerprint density at radius 2 is 1.09 bits per heavy atom. The van der Waals surface area contributed by atoms with Crippen LogP contribution in [0.3, 0.4) is 0 Å². The average molecular weight is 399 g/mol. The van der Waals surface area contributed by atoms with Crippen molar-refractivity contribution in [2.45, 2.75) is 97.8 Å². The number of hydrogen-bond acceptors (Lipinski definition) is 4. The highest BCUT2D eigenvalue weighted by Crippen LogP contribution is 2.70. The van der Waals surface area contributed by atoms with E-state index in [0.29, 0.717) is 0 Å². The maximum absolute atomic E-state index is 6.24. The quantitative estimate of drug-likeness (QED) is 0.169. The van der Waals surface area contributed by atoms with Crippen LogP contribution in [0.2, 0.25) is 0 Å². The molecule has 0 saturated heterocycles. The Morgan fingerprint density at radius 3 is 1.52 bits per heavy atom. The Kier molecular flexibility index (Phi) is 19.1. The molecule has 0 rings (SSSR count). The maximum atomic E-state index is 6.24. The van der Waals surface area contributed by atoms with Crippen LogP contribution >= 0.6 is 27.4 Å². The molecule has 140 valence electrons. The molecule has 0 amide bonds. The second-order valence-electron chi connectivity index (χ2n) is 6.13. The van der Waals surface area contributed by atoms with Crippen LogP contribution in [0, 0.1) is 0 Å². The largest absolute Gasteiger partial charge is 0.334 e. The molecule has 23 heavy (non-hydrogen) atoms. The van der Waals surface area contributed by atoms with E-state index < -0.39 is 4.67 Å². The van der Waals surface area contributed by atoms with Gasteiger partial charge in [-0.15, -0.1) is 0 Å². The zero-order valence-corrected chi connectivity index (χ0v) is 19.0. The summed E-state index contributed by atoms with van der Waals surface area (Å²) in [6.07, 6.45) is 15.7. The van der Waals surface area contributed by atoms with Gasteiger partial charge in [0.25, 0.3) is 0 Å². The third-order valence-corrected chi connectivity index (χ3v) is 13.6. The van der Waals surface area contributed by atoms with Gasteiger partial charge >= 0.3 is 0 Å². The van der Waals surface area contributed by atoms with Crippen molar-refractivity contribution in [2.75, 3.05) is 18.1 Å². The number of hydrogen-bond donors (Lipinski definition) is 0. The Bertz CT molecular complexity index is 245. The highest BCUT2D eigenvalue weighted by Gasteiger charge is 2.19. The maximum Gasteiger partial charge on any atom is 0.174 e. The second-order valence-corrected chi connectivity index (χ2v) is 16.9. The fraction of sp³-hybridized carbons (Fsp3) is 1.00. The van der Waals surface area contributed by atoms with Gasteiger partial charge < -0.3 is 4.52 Å². The molecule has 0 aromatic rings. The van der Waals surface area contributed by atoms with E-state index in [9.17, 15) is 0 Å². The van der Waals surface area contributed by atoms with Crippen LogP contribution in [0.4, 0.5) is 0 Å². The minimum Gasteiger partial charge on any atom is -0.334 e. The van der Waals surface area contributed by atoms with Crippen LogP contribution in [0.1, 0.15) is 97.8 Å². The van der Waals surface area contributed by atoms with Gasteiger partial charge in [0.2, 0.25) is 0 Å². The van der Waals surface area contributed by atoms with E-state index in [4.69, 9.17) is 16.3 Å². The van der Waals surface area contributed by atoms with Crippen molar-refractivity contribution in [3.8, 4) is 0 Å². The number of unbranched alkanes of at least 4 members (excludes halogenated alkanes) is 9. The summed E-state index contributed by atoms with van der Waals surface area (Å²) in [5, 5.41) is 0. The molecule has 0 heterocycles. The first-order valence-electron chi connectivity index (χ1n) is 9.72. The van der Waals surface area contributed by atoms with Gasteiger partial charge in [0.05, 0.1) is 6.61 Å². The Hall–Kier alpha value is 1.31. The van der Waals surface area contributed by atoms with E-state index in [0.717, 1.165) is 6.61 Å². The molecule has 0 aliphatic heterocycles. The molecular formula is C18H39OPS3. The van der Waals surface area contributed by atoms with E-state index in [1.165, 1.54) is 88.6 Å². The average Bonchev–Trinajstić information content (AvgIpc) is 2.54. The molecular weight excluding hydrogens is 359 g/mol. The highest BCUT2D eigenvalue weighted by atomic mass is 33.2. The molecule has 5 heteroatoms. The van der Waals surface area contributed by atoms with Crippen molar-refractivity contribution in [1.82, 2.24) is 0 Å². The van der Waals surface area contributed by atoms with Crippen LogP contribution in [0.25, 0.3) is 0 Å². The minimum atomic E-state index is -1.70. The van der Waals surface area contributed by atoms with Gasteiger partial charge in [-0.1, -0.05) is 101 Å². The molecule has 0 N–H and O–H groups in total. The molecule has 0 unspecified atom stereocenters. The second kappa shape index (κ2) is 18.1. The van der Waals surface area contributed by atoms with Crippen LogP contribution in [-0.4, -0.2) is 18.1 Å². The van der Waals surface area contributed by atoms with Crippen LogP contribution in [-0.2, 0) is 16.3 Å². The minimum absolute atomic E-state index is 0.876. The zero-order valence-electron chi connectivity index (χ0n) is 15.7. The van der Waals surface area contributed by atoms with Gasteiger partial charge in [0, 0.05) is 11.5 Å². The predicted molar refractivity (Wildman–Crippen MR) is 118 cm³/mol. The summed E-state index contributed by atoms with van der Waals surface area (Å²) in [6, 6.07) is 0. The Balaban J connectivity index is 4.03. The summed E-state index contributed by atoms with van der Waals surface area (Å²) in [5.74, 6) is 2.38. The molecule has 0 fully saturated rings. The van der Waals surface area contributed by atoms with E-state index in [1.54, 1.807) is 0 Å². The summed E-state index contributed by atoms with van der Waals surface area (Å²) in [6.45, 7) is 7.66. The first-order valence-corrected chi connectivity index (χ1v) is 15.6. The summed E-state index contributed by atoms with van der Waals surface area (Å²) in [5.41, 5.74) is 0. The fourth-order valence-electron chi connectivity index (χ4n) is 2.23. The highest BCUT2D eigenvalue weighted by molar-refractivity contribution is 8.99. The molecule has 0 aromatic carbocycles. The van der Waals surface area contributed by atoms with Crippen molar-refractivity contribution >= 4 is 39.2 Å². The van der Waals surface area contributed by atoms with E-state index in [1.807, 2.05) is 22.8 Å². The lowest BCUT2D eigenvalue weighted by atomic mass is 10.2. The van der Waals surface area contributed by atoms with Crippen molar-refractivity contribution in [3.05, 3.63) is 0 Å². The molecule has 0 aromatic heterocycles. The van der Waals surface area contributed by atoms with Gasteiger partial charge in [0.1, 0.15) is 0 Å².